The summed E-state index contributed by atoms with van der Waals surface area (Å²) >= 11 is 0. The molecule has 0 atom stereocenters. The second-order valence-electron chi connectivity index (χ2n) is 3.27. The molecule has 6 nitrogen and oxygen atoms in total. The molecule has 0 heterocycles. The Morgan fingerprint density at radius 3 is 2.65 bits per heavy atom. The maximum absolute atomic E-state index is 11.3. The zero-order valence-corrected chi connectivity index (χ0v) is 9.61. The van der Waals surface area contributed by atoms with E-state index < -0.39 is 12.2 Å². The molecule has 6 heteroatoms. The van der Waals surface area contributed by atoms with Gasteiger partial charge in [-0.15, -0.1) is 0 Å². The van der Waals surface area contributed by atoms with Crippen molar-refractivity contribution < 1.29 is 19.4 Å². The third-order valence-electron chi connectivity index (χ3n) is 2.02. The monoisotopic (exact) mass is 238 g/mol. The van der Waals surface area contributed by atoms with Gasteiger partial charge in [0, 0.05) is 0 Å². The maximum atomic E-state index is 11.3. The van der Waals surface area contributed by atoms with Crippen LogP contribution >= 0.6 is 0 Å². The summed E-state index contributed by atoms with van der Waals surface area (Å²) in [6.07, 6.45) is -1.81. The summed E-state index contributed by atoms with van der Waals surface area (Å²) in [5, 5.41) is 13.4. The number of carbonyl (C=O) groups is 2. The molecular formula is C11H14N2O4. The summed E-state index contributed by atoms with van der Waals surface area (Å²) in [6, 6.07) is 5.01. The van der Waals surface area contributed by atoms with E-state index in [-0.39, 0.29) is 6.61 Å². The largest absolute Gasteiger partial charge is 0.465 e. The van der Waals surface area contributed by atoms with Crippen LogP contribution in [0.3, 0.4) is 0 Å². The highest BCUT2D eigenvalue weighted by atomic mass is 16.5. The quantitative estimate of drug-likeness (QED) is 0.755. The molecule has 17 heavy (non-hydrogen) atoms. The van der Waals surface area contributed by atoms with Gasteiger partial charge >= 0.3 is 12.2 Å². The van der Waals surface area contributed by atoms with Crippen LogP contribution in [0.5, 0.6) is 0 Å². The van der Waals surface area contributed by atoms with E-state index in [4.69, 9.17) is 9.84 Å². The smallest absolute Gasteiger partial charge is 0.411 e. The van der Waals surface area contributed by atoms with Gasteiger partial charge < -0.3 is 9.84 Å². The van der Waals surface area contributed by atoms with Crippen molar-refractivity contribution >= 4 is 23.6 Å². The minimum atomic E-state index is -1.19. The van der Waals surface area contributed by atoms with E-state index in [0.717, 1.165) is 5.56 Å². The first-order valence-electron chi connectivity index (χ1n) is 5.08. The van der Waals surface area contributed by atoms with Gasteiger partial charge in [-0.2, -0.15) is 0 Å². The Morgan fingerprint density at radius 1 is 1.35 bits per heavy atom. The van der Waals surface area contributed by atoms with Crippen molar-refractivity contribution in [3.8, 4) is 0 Å². The normalized spacial score (nSPS) is 9.53. The molecule has 2 amide bonds. The molecule has 0 aliphatic heterocycles. The van der Waals surface area contributed by atoms with E-state index in [2.05, 4.69) is 10.6 Å². The van der Waals surface area contributed by atoms with Crippen molar-refractivity contribution in [2.75, 3.05) is 17.2 Å². The van der Waals surface area contributed by atoms with E-state index in [1.54, 1.807) is 32.0 Å². The zero-order chi connectivity index (χ0) is 12.8. The average molecular weight is 238 g/mol. The fourth-order valence-electron chi connectivity index (χ4n) is 1.32. The van der Waals surface area contributed by atoms with Crippen LogP contribution in [-0.2, 0) is 4.74 Å². The molecule has 0 saturated carbocycles. The predicted octanol–water partition coefficient (Wildman–Crippen LogP) is 2.65. The number of benzene rings is 1. The number of amides is 2. The van der Waals surface area contributed by atoms with Crippen molar-refractivity contribution in [3.63, 3.8) is 0 Å². The van der Waals surface area contributed by atoms with Crippen molar-refractivity contribution in [2.45, 2.75) is 13.8 Å². The van der Waals surface area contributed by atoms with Crippen LogP contribution in [-0.4, -0.2) is 23.9 Å². The highest BCUT2D eigenvalue weighted by Crippen LogP contribution is 2.25. The Kier molecular flexibility index (Phi) is 4.33. The molecule has 0 bridgehead atoms. The first-order valence-corrected chi connectivity index (χ1v) is 5.08. The lowest BCUT2D eigenvalue weighted by atomic mass is 10.1. The first-order chi connectivity index (χ1) is 8.04. The van der Waals surface area contributed by atoms with Crippen molar-refractivity contribution in [2.24, 2.45) is 0 Å². The lowest BCUT2D eigenvalue weighted by molar-refractivity contribution is 0.168. The standard InChI is InChI=1S/C11H14N2O4/c1-3-17-11(16)13-9-7(2)5-4-6-8(9)12-10(14)15/h4-6,12H,3H2,1-2H3,(H,13,16)(H,14,15). The fourth-order valence-corrected chi connectivity index (χ4v) is 1.32. The van der Waals surface area contributed by atoms with Gasteiger partial charge in [0.05, 0.1) is 18.0 Å². The third kappa shape index (κ3) is 3.67. The van der Waals surface area contributed by atoms with Crippen molar-refractivity contribution in [1.82, 2.24) is 0 Å². The summed E-state index contributed by atoms with van der Waals surface area (Å²) in [5.74, 6) is 0. The highest BCUT2D eigenvalue weighted by Gasteiger charge is 2.11. The number of aryl methyl sites for hydroxylation is 1. The molecule has 0 aromatic heterocycles. The summed E-state index contributed by atoms with van der Waals surface area (Å²) in [7, 11) is 0. The summed E-state index contributed by atoms with van der Waals surface area (Å²) in [6.45, 7) is 3.70. The number of hydrogen-bond donors (Lipinski definition) is 3. The SMILES string of the molecule is CCOC(=O)Nc1c(C)cccc1NC(=O)O. The van der Waals surface area contributed by atoms with Crippen LogP contribution in [0, 0.1) is 6.92 Å². The molecule has 3 N–H and O–H groups in total. The highest BCUT2D eigenvalue weighted by molar-refractivity contribution is 5.95. The molecule has 0 fully saturated rings. The number of carbonyl (C=O) groups excluding carboxylic acids is 1. The predicted molar refractivity (Wildman–Crippen MR) is 63.5 cm³/mol. The maximum Gasteiger partial charge on any atom is 0.411 e. The third-order valence-corrected chi connectivity index (χ3v) is 2.02. The number of rotatable bonds is 3. The minimum absolute atomic E-state index is 0.249. The second-order valence-corrected chi connectivity index (χ2v) is 3.27. The van der Waals surface area contributed by atoms with Gasteiger partial charge in [0.1, 0.15) is 0 Å². The summed E-state index contributed by atoms with van der Waals surface area (Å²) in [4.78, 5) is 21.9. The molecule has 1 rings (SSSR count). The Morgan fingerprint density at radius 2 is 2.06 bits per heavy atom. The van der Waals surface area contributed by atoms with E-state index in [9.17, 15) is 9.59 Å². The lowest BCUT2D eigenvalue weighted by Gasteiger charge is -2.13. The molecule has 0 spiro atoms. The topological polar surface area (TPSA) is 87.7 Å². The number of para-hydroxylation sites is 1. The molecule has 92 valence electrons. The Labute approximate surface area is 98.6 Å². The number of carboxylic acid groups (broad SMARTS) is 1. The van der Waals surface area contributed by atoms with Gasteiger partial charge in [0.2, 0.25) is 0 Å². The first kappa shape index (κ1) is 12.8. The van der Waals surface area contributed by atoms with Crippen LogP contribution in [0.25, 0.3) is 0 Å². The van der Waals surface area contributed by atoms with E-state index in [1.807, 2.05) is 0 Å². The minimum Gasteiger partial charge on any atom is -0.465 e. The van der Waals surface area contributed by atoms with Gasteiger partial charge in [-0.3, -0.25) is 10.6 Å². The molecule has 0 unspecified atom stereocenters. The van der Waals surface area contributed by atoms with Gasteiger partial charge in [0.15, 0.2) is 0 Å². The van der Waals surface area contributed by atoms with Gasteiger partial charge in [0.25, 0.3) is 0 Å². The van der Waals surface area contributed by atoms with Crippen LogP contribution in [0.1, 0.15) is 12.5 Å². The molecule has 0 radical (unpaired) electrons. The van der Waals surface area contributed by atoms with E-state index in [1.165, 1.54) is 0 Å². The Hall–Kier alpha value is -2.24. The van der Waals surface area contributed by atoms with Crippen molar-refractivity contribution in [3.05, 3.63) is 23.8 Å². The zero-order valence-electron chi connectivity index (χ0n) is 9.61. The van der Waals surface area contributed by atoms with Crippen LogP contribution in [0.2, 0.25) is 0 Å². The molecular weight excluding hydrogens is 224 g/mol. The van der Waals surface area contributed by atoms with E-state index >= 15 is 0 Å². The second kappa shape index (κ2) is 5.74. The number of hydrogen-bond acceptors (Lipinski definition) is 3. The lowest BCUT2D eigenvalue weighted by Crippen LogP contribution is -2.17. The van der Waals surface area contributed by atoms with Gasteiger partial charge in [-0.25, -0.2) is 9.59 Å². The van der Waals surface area contributed by atoms with Gasteiger partial charge in [-0.05, 0) is 25.5 Å². The van der Waals surface area contributed by atoms with Crippen LogP contribution < -0.4 is 10.6 Å². The number of ether oxygens (including phenoxy) is 1. The van der Waals surface area contributed by atoms with E-state index in [0.29, 0.717) is 11.4 Å². The molecule has 0 aliphatic rings. The molecule has 0 aliphatic carbocycles. The fraction of sp³-hybridized carbons (Fsp3) is 0.273. The Balaban J connectivity index is 2.95. The molecule has 1 aromatic carbocycles. The van der Waals surface area contributed by atoms with Gasteiger partial charge in [-0.1, -0.05) is 12.1 Å². The average Bonchev–Trinajstić information content (AvgIpc) is 2.23. The number of nitrogens with one attached hydrogen (secondary N) is 2. The van der Waals surface area contributed by atoms with Crippen LogP contribution in [0.15, 0.2) is 18.2 Å². The van der Waals surface area contributed by atoms with Crippen molar-refractivity contribution in [1.29, 1.82) is 0 Å². The van der Waals surface area contributed by atoms with Crippen LogP contribution in [0.4, 0.5) is 21.0 Å². The number of anilines is 2. The molecule has 0 saturated heterocycles. The summed E-state index contributed by atoms with van der Waals surface area (Å²) < 4.78 is 4.74. The summed E-state index contributed by atoms with van der Waals surface area (Å²) in [5.41, 5.74) is 1.45. The molecule has 1 aromatic rings. The Bertz CT molecular complexity index is 431.